The highest BCUT2D eigenvalue weighted by Gasteiger charge is 2.44. The van der Waals surface area contributed by atoms with Crippen LogP contribution in [0.1, 0.15) is 26.2 Å². The Bertz CT molecular complexity index is 210. The zero-order valence-corrected chi connectivity index (χ0v) is 11.5. The molecule has 4 heteroatoms. The third-order valence-corrected chi connectivity index (χ3v) is 3.61. The summed E-state index contributed by atoms with van der Waals surface area (Å²) in [6, 6.07) is 0. The Kier molecular flexibility index (Phi) is 6.41. The fourth-order valence-electron chi connectivity index (χ4n) is 2.59. The van der Waals surface area contributed by atoms with Crippen molar-refractivity contribution in [3.05, 3.63) is 0 Å². The quantitative estimate of drug-likeness (QED) is 0.556. The van der Waals surface area contributed by atoms with Crippen LogP contribution in [0.4, 0.5) is 0 Å². The predicted octanol–water partition coefficient (Wildman–Crippen LogP) is 0.705. The van der Waals surface area contributed by atoms with Crippen molar-refractivity contribution in [2.24, 2.45) is 5.92 Å². The Morgan fingerprint density at radius 3 is 2.65 bits per heavy atom. The molecule has 1 aliphatic rings. The number of nitrogens with zero attached hydrogens (tertiary/aromatic N) is 1. The zero-order chi connectivity index (χ0) is 12.7. The monoisotopic (exact) mass is 244 g/mol. The summed E-state index contributed by atoms with van der Waals surface area (Å²) < 4.78 is 5.06. The van der Waals surface area contributed by atoms with Crippen LogP contribution >= 0.6 is 0 Å². The Hall–Kier alpha value is -0.160. The molecule has 0 amide bonds. The number of likely N-dealkylation sites (N-methyl/N-ethyl adjacent to an activating group) is 2. The Morgan fingerprint density at radius 1 is 1.47 bits per heavy atom. The molecule has 0 spiro atoms. The van der Waals surface area contributed by atoms with Gasteiger partial charge in [-0.05, 0) is 38.8 Å². The highest BCUT2D eigenvalue weighted by atomic mass is 16.5. The number of hydrogen-bond acceptors (Lipinski definition) is 4. The van der Waals surface area contributed by atoms with Gasteiger partial charge in [-0.25, -0.2) is 0 Å². The van der Waals surface area contributed by atoms with Crippen molar-refractivity contribution in [2.75, 3.05) is 47.0 Å². The lowest BCUT2D eigenvalue weighted by Crippen LogP contribution is -2.57. The molecule has 1 fully saturated rings. The smallest absolute Gasteiger partial charge is 0.0628 e. The third kappa shape index (κ3) is 4.54. The van der Waals surface area contributed by atoms with E-state index in [4.69, 9.17) is 4.74 Å². The summed E-state index contributed by atoms with van der Waals surface area (Å²) in [5.41, 5.74) is -0.0867. The molecule has 0 saturated heterocycles. The van der Waals surface area contributed by atoms with Crippen LogP contribution in [0.5, 0.6) is 0 Å². The summed E-state index contributed by atoms with van der Waals surface area (Å²) in [5, 5.41) is 13.2. The highest BCUT2D eigenvalue weighted by molar-refractivity contribution is 5.02. The van der Waals surface area contributed by atoms with E-state index in [-0.39, 0.29) is 12.1 Å². The molecular weight excluding hydrogens is 216 g/mol. The minimum absolute atomic E-state index is 0.0867. The molecular formula is C13H28N2O2. The second-order valence-electron chi connectivity index (χ2n) is 5.20. The first-order chi connectivity index (χ1) is 8.18. The summed E-state index contributed by atoms with van der Waals surface area (Å²) in [6.07, 6.45) is 3.55. The molecule has 0 aromatic heterocycles. The van der Waals surface area contributed by atoms with Gasteiger partial charge in [0.2, 0.25) is 0 Å². The van der Waals surface area contributed by atoms with Crippen LogP contribution in [0.25, 0.3) is 0 Å². The topological polar surface area (TPSA) is 44.7 Å². The van der Waals surface area contributed by atoms with Crippen LogP contribution in [0, 0.1) is 5.92 Å². The molecule has 0 aromatic rings. The number of methoxy groups -OCH3 is 1. The fraction of sp³-hybridized carbons (Fsp3) is 1.00. The van der Waals surface area contributed by atoms with E-state index in [1.165, 1.54) is 12.8 Å². The SMILES string of the molecule is CCNC(CO)(CN(C)CCCOC)C1CC1. The number of nitrogens with one attached hydrogen (secondary N) is 1. The molecule has 1 atom stereocenters. The summed E-state index contributed by atoms with van der Waals surface area (Å²) >= 11 is 0. The molecule has 0 aliphatic heterocycles. The Labute approximate surface area is 105 Å². The van der Waals surface area contributed by atoms with Gasteiger partial charge in [-0.1, -0.05) is 6.92 Å². The predicted molar refractivity (Wildman–Crippen MR) is 70.2 cm³/mol. The minimum atomic E-state index is -0.0867. The van der Waals surface area contributed by atoms with Crippen molar-refractivity contribution in [1.29, 1.82) is 0 Å². The molecule has 2 N–H and O–H groups in total. The maximum absolute atomic E-state index is 9.72. The molecule has 0 heterocycles. The molecule has 4 nitrogen and oxygen atoms in total. The summed E-state index contributed by atoms with van der Waals surface area (Å²) in [5.74, 6) is 0.650. The van der Waals surface area contributed by atoms with E-state index in [9.17, 15) is 5.11 Å². The summed E-state index contributed by atoms with van der Waals surface area (Å²) in [6.45, 7) is 6.02. The van der Waals surface area contributed by atoms with Crippen molar-refractivity contribution >= 4 is 0 Å². The molecule has 1 aliphatic carbocycles. The maximum atomic E-state index is 9.72. The molecule has 0 radical (unpaired) electrons. The summed E-state index contributed by atoms with van der Waals surface area (Å²) in [7, 11) is 3.86. The van der Waals surface area contributed by atoms with Crippen LogP contribution in [0.2, 0.25) is 0 Å². The van der Waals surface area contributed by atoms with Crippen molar-refractivity contribution in [1.82, 2.24) is 10.2 Å². The third-order valence-electron chi connectivity index (χ3n) is 3.61. The van der Waals surface area contributed by atoms with Gasteiger partial charge in [-0.2, -0.15) is 0 Å². The lowest BCUT2D eigenvalue weighted by Gasteiger charge is -2.37. The van der Waals surface area contributed by atoms with Gasteiger partial charge >= 0.3 is 0 Å². The number of ether oxygens (including phenoxy) is 1. The standard InChI is InChI=1S/C13H28N2O2/c1-4-14-13(11-16,12-6-7-12)10-15(2)8-5-9-17-3/h12,14,16H,4-11H2,1-3H3. The molecule has 0 aromatic carbocycles. The Balaban J connectivity index is 2.41. The molecule has 1 unspecified atom stereocenters. The van der Waals surface area contributed by atoms with Crippen LogP contribution < -0.4 is 5.32 Å². The molecule has 17 heavy (non-hydrogen) atoms. The van der Waals surface area contributed by atoms with Gasteiger partial charge in [-0.15, -0.1) is 0 Å². The molecule has 1 rings (SSSR count). The van der Waals surface area contributed by atoms with E-state index in [0.717, 1.165) is 32.7 Å². The van der Waals surface area contributed by atoms with Crippen molar-refractivity contribution < 1.29 is 9.84 Å². The lowest BCUT2D eigenvalue weighted by molar-refractivity contribution is 0.0969. The number of aliphatic hydroxyl groups excluding tert-OH is 1. The van der Waals surface area contributed by atoms with Gasteiger partial charge in [0.15, 0.2) is 0 Å². The molecule has 1 saturated carbocycles. The summed E-state index contributed by atoms with van der Waals surface area (Å²) in [4.78, 5) is 2.30. The van der Waals surface area contributed by atoms with E-state index >= 15 is 0 Å². The molecule has 102 valence electrons. The van der Waals surface area contributed by atoms with E-state index in [2.05, 4.69) is 24.2 Å². The van der Waals surface area contributed by atoms with Crippen LogP contribution in [-0.4, -0.2) is 62.6 Å². The number of aliphatic hydroxyl groups is 1. The second-order valence-corrected chi connectivity index (χ2v) is 5.20. The first-order valence-electron chi connectivity index (χ1n) is 6.72. The Morgan fingerprint density at radius 2 is 2.18 bits per heavy atom. The van der Waals surface area contributed by atoms with Crippen molar-refractivity contribution in [3.8, 4) is 0 Å². The largest absolute Gasteiger partial charge is 0.394 e. The van der Waals surface area contributed by atoms with Crippen LogP contribution in [0.15, 0.2) is 0 Å². The highest BCUT2D eigenvalue weighted by Crippen LogP contribution is 2.39. The maximum Gasteiger partial charge on any atom is 0.0628 e. The zero-order valence-electron chi connectivity index (χ0n) is 11.5. The second kappa shape index (κ2) is 7.31. The first-order valence-corrected chi connectivity index (χ1v) is 6.72. The lowest BCUT2D eigenvalue weighted by atomic mass is 9.93. The van der Waals surface area contributed by atoms with Crippen molar-refractivity contribution in [2.45, 2.75) is 31.7 Å². The van der Waals surface area contributed by atoms with Crippen LogP contribution in [0.3, 0.4) is 0 Å². The van der Waals surface area contributed by atoms with E-state index in [1.54, 1.807) is 7.11 Å². The normalized spacial score (nSPS) is 19.6. The van der Waals surface area contributed by atoms with Gasteiger partial charge < -0.3 is 20.1 Å². The number of rotatable bonds is 10. The van der Waals surface area contributed by atoms with Gasteiger partial charge in [0.1, 0.15) is 0 Å². The van der Waals surface area contributed by atoms with Gasteiger partial charge in [0.05, 0.1) is 12.1 Å². The number of hydrogen-bond donors (Lipinski definition) is 2. The van der Waals surface area contributed by atoms with Gasteiger partial charge in [0, 0.05) is 26.8 Å². The fourth-order valence-corrected chi connectivity index (χ4v) is 2.59. The van der Waals surface area contributed by atoms with Crippen LogP contribution in [-0.2, 0) is 4.74 Å². The average Bonchev–Trinajstić information content (AvgIpc) is 3.13. The van der Waals surface area contributed by atoms with Gasteiger partial charge in [0.25, 0.3) is 0 Å². The van der Waals surface area contributed by atoms with E-state index < -0.39 is 0 Å². The molecule has 0 bridgehead atoms. The average molecular weight is 244 g/mol. The van der Waals surface area contributed by atoms with Gasteiger partial charge in [-0.3, -0.25) is 0 Å². The van der Waals surface area contributed by atoms with E-state index in [0.29, 0.717) is 5.92 Å². The first kappa shape index (κ1) is 14.9. The minimum Gasteiger partial charge on any atom is -0.394 e. The van der Waals surface area contributed by atoms with E-state index in [1.807, 2.05) is 0 Å². The van der Waals surface area contributed by atoms with Crippen molar-refractivity contribution in [3.63, 3.8) is 0 Å².